The molecule has 3 aromatic rings. The third-order valence-electron chi connectivity index (χ3n) is 4.55. The van der Waals surface area contributed by atoms with E-state index in [9.17, 15) is 13.2 Å². The predicted octanol–water partition coefficient (Wildman–Crippen LogP) is 5.01. The molecule has 1 aromatic heterocycles. The summed E-state index contributed by atoms with van der Waals surface area (Å²) in [6, 6.07) is 13.1. The van der Waals surface area contributed by atoms with Crippen LogP contribution in [-0.4, -0.2) is 23.1 Å². The largest absolute Gasteiger partial charge is 0.479 e. The third-order valence-corrected chi connectivity index (χ3v) is 4.55. The first-order chi connectivity index (χ1) is 12.4. The van der Waals surface area contributed by atoms with Crippen molar-refractivity contribution in [3.8, 4) is 5.69 Å². The molecule has 0 unspecified atom stereocenters. The van der Waals surface area contributed by atoms with Gasteiger partial charge in [0.1, 0.15) is 6.61 Å². The Morgan fingerprint density at radius 1 is 1.15 bits per heavy atom. The Balaban J connectivity index is 1.79. The Hall–Kier alpha value is -2.76. The van der Waals surface area contributed by atoms with Gasteiger partial charge >= 0.3 is 6.18 Å². The predicted molar refractivity (Wildman–Crippen MR) is 94.8 cm³/mol. The fourth-order valence-electron chi connectivity index (χ4n) is 3.37. The maximum atomic E-state index is 13.1. The van der Waals surface area contributed by atoms with Gasteiger partial charge in [0.25, 0.3) is 0 Å². The Morgan fingerprint density at radius 3 is 2.69 bits per heavy atom. The average molecular weight is 358 g/mol. The second-order valence-corrected chi connectivity index (χ2v) is 6.41. The molecule has 0 saturated carbocycles. The van der Waals surface area contributed by atoms with Gasteiger partial charge in [-0.05, 0) is 29.8 Å². The first-order valence-corrected chi connectivity index (χ1v) is 8.35. The lowest BCUT2D eigenvalue weighted by molar-refractivity contribution is -0.137. The normalized spacial score (nSPS) is 17.4. The molecular weight excluding hydrogens is 341 g/mol. The molecule has 0 fully saturated rings. The lowest BCUT2D eigenvalue weighted by Gasteiger charge is -2.10. The number of halogens is 3. The number of hydrogen-bond donors (Lipinski definition) is 0. The zero-order valence-corrected chi connectivity index (χ0v) is 14.1. The summed E-state index contributed by atoms with van der Waals surface area (Å²) in [5, 5.41) is 1.02. The molecule has 0 aliphatic carbocycles. The third kappa shape index (κ3) is 3.07. The fraction of sp³-hybridized carbons (Fsp3) is 0.250. The Kier molecular flexibility index (Phi) is 3.98. The van der Waals surface area contributed by atoms with Crippen LogP contribution in [0.25, 0.3) is 16.6 Å². The van der Waals surface area contributed by atoms with Crippen LogP contribution in [0.15, 0.2) is 59.7 Å². The van der Waals surface area contributed by atoms with Crippen molar-refractivity contribution >= 4 is 16.8 Å². The summed E-state index contributed by atoms with van der Waals surface area (Å²) in [4.78, 5) is 4.46. The number of fused-ring (bicyclic) bond motifs is 1. The van der Waals surface area contributed by atoms with E-state index in [2.05, 4.69) is 4.99 Å². The van der Waals surface area contributed by atoms with Gasteiger partial charge in [0, 0.05) is 30.6 Å². The molecule has 134 valence electrons. The molecule has 0 bridgehead atoms. The SMILES string of the molecule is CC1=N[C@@H](Cc2cn(-c3cccc(C(F)(F)F)c3)c3ccccc23)CO1. The zero-order valence-electron chi connectivity index (χ0n) is 14.1. The molecule has 1 aliphatic rings. The van der Waals surface area contributed by atoms with Gasteiger partial charge in [-0.1, -0.05) is 24.3 Å². The van der Waals surface area contributed by atoms with Crippen molar-refractivity contribution in [1.29, 1.82) is 0 Å². The minimum atomic E-state index is -4.37. The van der Waals surface area contributed by atoms with Crippen LogP contribution in [-0.2, 0) is 17.3 Å². The van der Waals surface area contributed by atoms with Crippen LogP contribution in [0.4, 0.5) is 13.2 Å². The quantitative estimate of drug-likeness (QED) is 0.646. The molecule has 0 radical (unpaired) electrons. The molecule has 2 heterocycles. The highest BCUT2D eigenvalue weighted by Gasteiger charge is 2.30. The maximum absolute atomic E-state index is 13.1. The van der Waals surface area contributed by atoms with E-state index in [-0.39, 0.29) is 6.04 Å². The van der Waals surface area contributed by atoms with E-state index in [1.165, 1.54) is 12.1 Å². The number of hydrogen-bond acceptors (Lipinski definition) is 2. The summed E-state index contributed by atoms with van der Waals surface area (Å²) in [6.45, 7) is 2.36. The lowest BCUT2D eigenvalue weighted by Crippen LogP contribution is -2.09. The molecule has 6 heteroatoms. The number of aliphatic imine (C=N–C) groups is 1. The first-order valence-electron chi connectivity index (χ1n) is 8.35. The minimum Gasteiger partial charge on any atom is -0.479 e. The van der Waals surface area contributed by atoms with Gasteiger partial charge in [0.05, 0.1) is 17.1 Å². The van der Waals surface area contributed by atoms with E-state index >= 15 is 0 Å². The summed E-state index contributed by atoms with van der Waals surface area (Å²) in [5.74, 6) is 0.677. The van der Waals surface area contributed by atoms with E-state index in [4.69, 9.17) is 4.74 Å². The van der Waals surface area contributed by atoms with E-state index in [1.54, 1.807) is 6.07 Å². The number of benzene rings is 2. The molecule has 0 amide bonds. The minimum absolute atomic E-state index is 0.0377. The van der Waals surface area contributed by atoms with Crippen LogP contribution in [0.2, 0.25) is 0 Å². The number of rotatable bonds is 3. The average Bonchev–Trinajstić information content (AvgIpc) is 3.19. The second kappa shape index (κ2) is 6.20. The van der Waals surface area contributed by atoms with Crippen molar-refractivity contribution in [1.82, 2.24) is 4.57 Å². The molecule has 4 rings (SSSR count). The van der Waals surface area contributed by atoms with Gasteiger partial charge in [-0.2, -0.15) is 13.2 Å². The smallest absolute Gasteiger partial charge is 0.416 e. The van der Waals surface area contributed by atoms with Crippen LogP contribution in [0.1, 0.15) is 18.1 Å². The maximum Gasteiger partial charge on any atom is 0.416 e. The van der Waals surface area contributed by atoms with Crippen molar-refractivity contribution in [3.63, 3.8) is 0 Å². The van der Waals surface area contributed by atoms with E-state index < -0.39 is 11.7 Å². The highest BCUT2D eigenvalue weighted by molar-refractivity contribution is 5.86. The van der Waals surface area contributed by atoms with Crippen LogP contribution in [0.3, 0.4) is 0 Å². The number of ether oxygens (including phenoxy) is 1. The lowest BCUT2D eigenvalue weighted by atomic mass is 10.1. The number of alkyl halides is 3. The molecule has 0 N–H and O–H groups in total. The van der Waals surface area contributed by atoms with Crippen LogP contribution in [0, 0.1) is 0 Å². The van der Waals surface area contributed by atoms with E-state index in [0.29, 0.717) is 24.6 Å². The first kappa shape index (κ1) is 16.7. The standard InChI is InChI=1S/C20H17F3N2O/c1-13-24-16(12-26-13)9-14-11-25(19-8-3-2-7-18(14)19)17-6-4-5-15(10-17)20(21,22)23/h2-8,10-11,16H,9,12H2,1H3/t16-/m0/s1. The summed E-state index contributed by atoms with van der Waals surface area (Å²) in [6.07, 6.45) is -1.78. The van der Waals surface area contributed by atoms with Gasteiger partial charge in [0.15, 0.2) is 5.90 Å². The van der Waals surface area contributed by atoms with Crippen molar-refractivity contribution in [2.24, 2.45) is 4.99 Å². The molecule has 3 nitrogen and oxygen atoms in total. The second-order valence-electron chi connectivity index (χ2n) is 6.41. The van der Waals surface area contributed by atoms with E-state index in [1.807, 2.05) is 42.0 Å². The van der Waals surface area contributed by atoms with Crippen LogP contribution in [0.5, 0.6) is 0 Å². The van der Waals surface area contributed by atoms with Crippen molar-refractivity contribution < 1.29 is 17.9 Å². The van der Waals surface area contributed by atoms with Crippen LogP contribution >= 0.6 is 0 Å². The highest BCUT2D eigenvalue weighted by Crippen LogP contribution is 2.32. The molecule has 1 atom stereocenters. The molecule has 0 spiro atoms. The van der Waals surface area contributed by atoms with Gasteiger partial charge < -0.3 is 9.30 Å². The van der Waals surface area contributed by atoms with Crippen molar-refractivity contribution in [2.45, 2.75) is 25.6 Å². The van der Waals surface area contributed by atoms with E-state index in [0.717, 1.165) is 22.5 Å². The van der Waals surface area contributed by atoms with Gasteiger partial charge in [-0.15, -0.1) is 0 Å². The summed E-state index contributed by atoms with van der Waals surface area (Å²) in [7, 11) is 0. The van der Waals surface area contributed by atoms with Gasteiger partial charge in [0.2, 0.25) is 0 Å². The zero-order chi connectivity index (χ0) is 18.3. The molecule has 0 saturated heterocycles. The molecule has 2 aromatic carbocycles. The fourth-order valence-corrected chi connectivity index (χ4v) is 3.37. The monoisotopic (exact) mass is 358 g/mol. The topological polar surface area (TPSA) is 26.5 Å². The summed E-state index contributed by atoms with van der Waals surface area (Å²) < 4.78 is 46.4. The Bertz CT molecular complexity index is 988. The number of aromatic nitrogens is 1. The molecule has 1 aliphatic heterocycles. The van der Waals surface area contributed by atoms with Gasteiger partial charge in [-0.3, -0.25) is 0 Å². The Labute approximate surface area is 148 Å². The number of nitrogens with zero attached hydrogens (tertiary/aromatic N) is 2. The highest BCUT2D eigenvalue weighted by atomic mass is 19.4. The van der Waals surface area contributed by atoms with Crippen molar-refractivity contribution in [2.75, 3.05) is 6.61 Å². The molecule has 26 heavy (non-hydrogen) atoms. The van der Waals surface area contributed by atoms with Crippen molar-refractivity contribution in [3.05, 3.63) is 65.9 Å². The molecular formula is C20H17F3N2O. The van der Waals surface area contributed by atoms with Crippen LogP contribution < -0.4 is 0 Å². The van der Waals surface area contributed by atoms with Gasteiger partial charge in [-0.25, -0.2) is 4.99 Å². The summed E-state index contributed by atoms with van der Waals surface area (Å²) >= 11 is 0. The number of para-hydroxylation sites is 1. The summed E-state index contributed by atoms with van der Waals surface area (Å²) in [5.41, 5.74) is 1.76. The Morgan fingerprint density at radius 2 is 1.96 bits per heavy atom.